The lowest BCUT2D eigenvalue weighted by atomic mass is 9.95. The predicted octanol–water partition coefficient (Wildman–Crippen LogP) is 2.22. The molecule has 8 heteroatoms. The van der Waals surface area contributed by atoms with Crippen LogP contribution in [0.4, 0.5) is 0 Å². The number of carbonyl (C=O) groups is 1. The minimum atomic E-state index is -0.0411. The van der Waals surface area contributed by atoms with Gasteiger partial charge in [0.05, 0.1) is 6.54 Å². The second kappa shape index (κ2) is 7.07. The summed E-state index contributed by atoms with van der Waals surface area (Å²) in [5.41, 5.74) is 0.391. The molecule has 0 spiro atoms. The summed E-state index contributed by atoms with van der Waals surface area (Å²) in [5, 5.41) is 13.0. The van der Waals surface area contributed by atoms with Gasteiger partial charge in [-0.1, -0.05) is 5.16 Å². The molecule has 2 aromatic heterocycles. The Bertz CT molecular complexity index is 783. The van der Waals surface area contributed by atoms with E-state index < -0.39 is 0 Å². The molecule has 0 radical (unpaired) electrons. The SMILES string of the molecule is O=C(c1ccon1)N1CCC(c2nnc(CN3CCCC3)n2C2CC2)CC1. The quantitative estimate of drug-likeness (QED) is 0.803. The zero-order valence-electron chi connectivity index (χ0n) is 15.6. The van der Waals surface area contributed by atoms with Gasteiger partial charge in [0, 0.05) is 31.1 Å². The maximum absolute atomic E-state index is 12.5. The number of hydrogen-bond acceptors (Lipinski definition) is 6. The average molecular weight is 370 g/mol. The Morgan fingerprint density at radius 2 is 1.85 bits per heavy atom. The molecule has 2 saturated heterocycles. The molecule has 8 nitrogen and oxygen atoms in total. The van der Waals surface area contributed by atoms with Gasteiger partial charge in [-0.25, -0.2) is 0 Å². The summed E-state index contributed by atoms with van der Waals surface area (Å²) in [6.45, 7) is 4.74. The summed E-state index contributed by atoms with van der Waals surface area (Å²) in [6.07, 6.45) is 8.37. The molecule has 1 amide bonds. The Morgan fingerprint density at radius 3 is 2.52 bits per heavy atom. The molecule has 2 aromatic rings. The average Bonchev–Trinajstić information content (AvgIpc) is 3.12. The monoisotopic (exact) mass is 370 g/mol. The number of aromatic nitrogens is 4. The van der Waals surface area contributed by atoms with E-state index in [2.05, 4.69) is 24.8 Å². The lowest BCUT2D eigenvalue weighted by Gasteiger charge is -2.31. The van der Waals surface area contributed by atoms with Crippen LogP contribution in [0.3, 0.4) is 0 Å². The van der Waals surface area contributed by atoms with Gasteiger partial charge in [0.25, 0.3) is 5.91 Å². The normalized spacial score (nSPS) is 21.9. The summed E-state index contributed by atoms with van der Waals surface area (Å²) in [4.78, 5) is 16.8. The largest absolute Gasteiger partial charge is 0.364 e. The molecule has 1 saturated carbocycles. The van der Waals surface area contributed by atoms with Crippen LogP contribution in [0.25, 0.3) is 0 Å². The lowest BCUT2D eigenvalue weighted by molar-refractivity contribution is 0.0699. The van der Waals surface area contributed by atoms with Crippen LogP contribution in [-0.4, -0.2) is 61.8 Å². The maximum Gasteiger partial charge on any atom is 0.276 e. The van der Waals surface area contributed by atoms with Gasteiger partial charge in [0.2, 0.25) is 0 Å². The summed E-state index contributed by atoms with van der Waals surface area (Å²) in [6, 6.07) is 2.21. The fraction of sp³-hybridized carbons (Fsp3) is 0.684. The van der Waals surface area contributed by atoms with Crippen LogP contribution in [0.5, 0.6) is 0 Å². The van der Waals surface area contributed by atoms with Gasteiger partial charge >= 0.3 is 0 Å². The summed E-state index contributed by atoms with van der Waals surface area (Å²) in [5.74, 6) is 2.61. The zero-order chi connectivity index (χ0) is 18.2. The van der Waals surface area contributed by atoms with Crippen molar-refractivity contribution in [2.45, 2.75) is 57.0 Å². The van der Waals surface area contributed by atoms with E-state index >= 15 is 0 Å². The first-order valence-corrected chi connectivity index (χ1v) is 10.2. The van der Waals surface area contributed by atoms with Crippen LogP contribution in [0.1, 0.15) is 72.6 Å². The molecular weight excluding hydrogens is 344 g/mol. The molecule has 0 N–H and O–H groups in total. The van der Waals surface area contributed by atoms with Crippen LogP contribution in [-0.2, 0) is 6.54 Å². The Morgan fingerprint density at radius 1 is 1.07 bits per heavy atom. The second-order valence-electron chi connectivity index (χ2n) is 8.01. The van der Waals surface area contributed by atoms with Gasteiger partial charge in [-0.3, -0.25) is 9.69 Å². The fourth-order valence-electron chi connectivity index (χ4n) is 4.42. The van der Waals surface area contributed by atoms with E-state index in [-0.39, 0.29) is 5.91 Å². The Hall–Kier alpha value is -2.22. The number of carbonyl (C=O) groups excluding carboxylic acids is 1. The first kappa shape index (κ1) is 16.9. The number of amides is 1. The smallest absolute Gasteiger partial charge is 0.276 e. The van der Waals surface area contributed by atoms with Crippen molar-refractivity contribution < 1.29 is 9.32 Å². The minimum absolute atomic E-state index is 0.0411. The van der Waals surface area contributed by atoms with Gasteiger partial charge in [-0.2, -0.15) is 0 Å². The third kappa shape index (κ3) is 3.38. The molecule has 0 unspecified atom stereocenters. The molecular formula is C19H26N6O2. The van der Waals surface area contributed by atoms with E-state index in [9.17, 15) is 4.79 Å². The molecule has 0 bridgehead atoms. The summed E-state index contributed by atoms with van der Waals surface area (Å²) in [7, 11) is 0. The van der Waals surface area contributed by atoms with Crippen LogP contribution in [0.2, 0.25) is 0 Å². The highest BCUT2D eigenvalue weighted by molar-refractivity contribution is 5.92. The van der Waals surface area contributed by atoms with Gasteiger partial charge in [0.1, 0.15) is 17.9 Å². The van der Waals surface area contributed by atoms with Crippen LogP contribution in [0, 0.1) is 0 Å². The molecule has 3 fully saturated rings. The number of piperidine rings is 1. The second-order valence-corrected chi connectivity index (χ2v) is 8.01. The lowest BCUT2D eigenvalue weighted by Crippen LogP contribution is -2.38. The molecule has 0 aromatic carbocycles. The van der Waals surface area contributed by atoms with Crippen LogP contribution in [0.15, 0.2) is 16.9 Å². The molecule has 0 atom stereocenters. The van der Waals surface area contributed by atoms with Gasteiger partial charge < -0.3 is 14.0 Å². The number of nitrogens with zero attached hydrogens (tertiary/aromatic N) is 6. The van der Waals surface area contributed by atoms with E-state index in [4.69, 9.17) is 4.52 Å². The van der Waals surface area contributed by atoms with E-state index in [0.29, 0.717) is 17.7 Å². The van der Waals surface area contributed by atoms with Crippen LogP contribution >= 0.6 is 0 Å². The van der Waals surface area contributed by atoms with Crippen LogP contribution < -0.4 is 0 Å². The number of rotatable bonds is 5. The Kier molecular flexibility index (Phi) is 4.43. The first-order valence-electron chi connectivity index (χ1n) is 10.2. The van der Waals surface area contributed by atoms with E-state index in [1.807, 2.05) is 4.90 Å². The fourth-order valence-corrected chi connectivity index (χ4v) is 4.42. The number of likely N-dealkylation sites (tertiary alicyclic amines) is 2. The first-order chi connectivity index (χ1) is 13.3. The third-order valence-electron chi connectivity index (χ3n) is 6.07. The van der Waals surface area contributed by atoms with Crippen molar-refractivity contribution >= 4 is 5.91 Å². The highest BCUT2D eigenvalue weighted by Gasteiger charge is 2.35. The topological polar surface area (TPSA) is 80.3 Å². The molecule has 144 valence electrons. The van der Waals surface area contributed by atoms with Crippen molar-refractivity contribution in [3.05, 3.63) is 29.7 Å². The summed E-state index contributed by atoms with van der Waals surface area (Å²) < 4.78 is 7.23. The van der Waals surface area contributed by atoms with E-state index in [0.717, 1.165) is 44.1 Å². The number of hydrogen-bond donors (Lipinski definition) is 0. The zero-order valence-corrected chi connectivity index (χ0v) is 15.6. The Labute approximate surface area is 158 Å². The van der Waals surface area contributed by atoms with E-state index in [1.165, 1.54) is 45.0 Å². The van der Waals surface area contributed by atoms with Crippen molar-refractivity contribution in [1.29, 1.82) is 0 Å². The molecule has 3 aliphatic rings. The summed E-state index contributed by atoms with van der Waals surface area (Å²) >= 11 is 0. The molecule has 2 aliphatic heterocycles. The van der Waals surface area contributed by atoms with Crippen molar-refractivity contribution in [2.24, 2.45) is 0 Å². The molecule has 1 aliphatic carbocycles. The molecule has 4 heterocycles. The minimum Gasteiger partial charge on any atom is -0.364 e. The van der Waals surface area contributed by atoms with Crippen molar-refractivity contribution in [2.75, 3.05) is 26.2 Å². The van der Waals surface area contributed by atoms with Crippen molar-refractivity contribution in [3.63, 3.8) is 0 Å². The van der Waals surface area contributed by atoms with E-state index in [1.54, 1.807) is 6.07 Å². The van der Waals surface area contributed by atoms with Crippen molar-refractivity contribution in [1.82, 2.24) is 29.7 Å². The highest BCUT2D eigenvalue weighted by atomic mass is 16.5. The highest BCUT2D eigenvalue weighted by Crippen LogP contribution is 2.40. The third-order valence-corrected chi connectivity index (χ3v) is 6.07. The predicted molar refractivity (Wildman–Crippen MR) is 97.2 cm³/mol. The maximum atomic E-state index is 12.5. The molecule has 27 heavy (non-hydrogen) atoms. The Balaban J connectivity index is 1.28. The van der Waals surface area contributed by atoms with Crippen molar-refractivity contribution in [3.8, 4) is 0 Å². The van der Waals surface area contributed by atoms with Gasteiger partial charge in [0.15, 0.2) is 5.69 Å². The van der Waals surface area contributed by atoms with Gasteiger partial charge in [-0.05, 0) is 51.6 Å². The standard InChI is InChI=1S/C19H26N6O2/c26-19(16-7-12-27-22-16)24-10-5-14(6-11-24)18-21-20-17(25(18)15-3-4-15)13-23-8-1-2-9-23/h7,12,14-15H,1-6,8-11,13H2. The molecule has 5 rings (SSSR count). The van der Waals surface area contributed by atoms with Gasteiger partial charge in [-0.15, -0.1) is 10.2 Å².